The van der Waals surface area contributed by atoms with E-state index in [9.17, 15) is 9.59 Å². The molecule has 2 rings (SSSR count). The van der Waals surface area contributed by atoms with Gasteiger partial charge >= 0.3 is 0 Å². The monoisotopic (exact) mass is 416 g/mol. The van der Waals surface area contributed by atoms with E-state index >= 15 is 0 Å². The van der Waals surface area contributed by atoms with E-state index in [0.29, 0.717) is 30.3 Å². The molecule has 1 N–H and O–H groups in total. The third kappa shape index (κ3) is 7.42. The van der Waals surface area contributed by atoms with Gasteiger partial charge in [0.25, 0.3) is 5.91 Å². The van der Waals surface area contributed by atoms with E-state index in [-0.39, 0.29) is 18.4 Å². The Morgan fingerprint density at radius 3 is 2.48 bits per heavy atom. The Bertz CT molecular complexity index is 783. The minimum absolute atomic E-state index is 0.155. The summed E-state index contributed by atoms with van der Waals surface area (Å²) >= 11 is 6.10. The predicted octanol–water partition coefficient (Wildman–Crippen LogP) is 4.09. The van der Waals surface area contributed by atoms with Crippen molar-refractivity contribution in [2.75, 3.05) is 19.7 Å². The number of ether oxygens (including phenoxy) is 1. The van der Waals surface area contributed by atoms with Crippen LogP contribution in [0.2, 0.25) is 5.02 Å². The number of nitrogens with one attached hydrogen (secondary N) is 1. The summed E-state index contributed by atoms with van der Waals surface area (Å²) in [5.41, 5.74) is 1.11. The highest BCUT2D eigenvalue weighted by Crippen LogP contribution is 2.23. The van der Waals surface area contributed by atoms with Crippen LogP contribution in [-0.4, -0.2) is 42.5 Å². The molecule has 0 spiro atoms. The van der Waals surface area contributed by atoms with Crippen LogP contribution in [0.4, 0.5) is 0 Å². The van der Waals surface area contributed by atoms with Crippen molar-refractivity contribution in [3.8, 4) is 5.75 Å². The van der Waals surface area contributed by atoms with Crippen LogP contribution in [0.5, 0.6) is 5.75 Å². The van der Waals surface area contributed by atoms with Crippen LogP contribution in [0.3, 0.4) is 0 Å². The van der Waals surface area contributed by atoms with Crippen molar-refractivity contribution in [2.45, 2.75) is 39.2 Å². The summed E-state index contributed by atoms with van der Waals surface area (Å²) in [6.45, 7) is 4.68. The lowest BCUT2D eigenvalue weighted by atomic mass is 10.1. The highest BCUT2D eigenvalue weighted by molar-refractivity contribution is 6.32. The molecule has 0 bridgehead atoms. The summed E-state index contributed by atoms with van der Waals surface area (Å²) in [4.78, 5) is 27.0. The predicted molar refractivity (Wildman–Crippen MR) is 116 cm³/mol. The maximum absolute atomic E-state index is 12.9. The zero-order chi connectivity index (χ0) is 21.1. The summed E-state index contributed by atoms with van der Waals surface area (Å²) in [6.07, 6.45) is 2.56. The Labute approximate surface area is 178 Å². The van der Waals surface area contributed by atoms with E-state index in [1.807, 2.05) is 30.3 Å². The fourth-order valence-electron chi connectivity index (χ4n) is 2.89. The summed E-state index contributed by atoms with van der Waals surface area (Å²) in [7, 11) is 0. The number of unbranched alkanes of at least 4 members (excludes halogenated alkanes) is 1. The second-order valence-electron chi connectivity index (χ2n) is 6.86. The number of carbonyl (C=O) groups is 2. The average Bonchev–Trinajstić information content (AvgIpc) is 2.74. The zero-order valence-corrected chi connectivity index (χ0v) is 17.8. The first-order valence-corrected chi connectivity index (χ1v) is 10.4. The Morgan fingerprint density at radius 1 is 1.10 bits per heavy atom. The lowest BCUT2D eigenvalue weighted by Gasteiger charge is -2.28. The van der Waals surface area contributed by atoms with E-state index < -0.39 is 6.04 Å². The molecule has 2 aromatic rings. The van der Waals surface area contributed by atoms with Crippen LogP contribution < -0.4 is 10.1 Å². The van der Waals surface area contributed by atoms with Crippen LogP contribution in [0.25, 0.3) is 0 Å². The smallest absolute Gasteiger partial charge is 0.261 e. The molecule has 6 heteroatoms. The Hall–Kier alpha value is -2.53. The fourth-order valence-corrected chi connectivity index (χ4v) is 3.08. The molecule has 156 valence electrons. The van der Waals surface area contributed by atoms with Crippen molar-refractivity contribution in [1.82, 2.24) is 10.2 Å². The summed E-state index contributed by atoms with van der Waals surface area (Å²) in [5, 5.41) is 3.35. The molecule has 1 atom stereocenters. The second-order valence-corrected chi connectivity index (χ2v) is 7.27. The SMILES string of the molecule is CCCCNC(=O)C(C)N(CCc1ccccc1)C(=O)COc1ccccc1Cl. The molecule has 29 heavy (non-hydrogen) atoms. The van der Waals surface area contributed by atoms with Gasteiger partial charge in [-0.25, -0.2) is 0 Å². The summed E-state index contributed by atoms with van der Waals surface area (Å²) in [6, 6.07) is 16.3. The summed E-state index contributed by atoms with van der Waals surface area (Å²) < 4.78 is 5.61. The first kappa shape index (κ1) is 22.8. The first-order valence-electron chi connectivity index (χ1n) is 10.0. The molecule has 0 aliphatic heterocycles. The van der Waals surface area contributed by atoms with Crippen molar-refractivity contribution in [3.63, 3.8) is 0 Å². The largest absolute Gasteiger partial charge is 0.482 e. The molecular formula is C23H29ClN2O3. The number of halogens is 1. The quantitative estimate of drug-likeness (QED) is 0.561. The van der Waals surface area contributed by atoms with Gasteiger partial charge in [-0.3, -0.25) is 9.59 Å². The van der Waals surface area contributed by atoms with E-state index in [1.54, 1.807) is 36.1 Å². The second kappa shape index (κ2) is 12.1. The molecule has 1 unspecified atom stereocenters. The van der Waals surface area contributed by atoms with Crippen LogP contribution >= 0.6 is 11.6 Å². The third-order valence-corrected chi connectivity index (χ3v) is 4.98. The van der Waals surface area contributed by atoms with Crippen LogP contribution in [0, 0.1) is 0 Å². The maximum atomic E-state index is 12.9. The third-order valence-electron chi connectivity index (χ3n) is 4.67. The summed E-state index contributed by atoms with van der Waals surface area (Å²) in [5.74, 6) is 0.0437. The van der Waals surface area contributed by atoms with Crippen LogP contribution in [0.1, 0.15) is 32.3 Å². The van der Waals surface area contributed by atoms with Crippen molar-refractivity contribution in [1.29, 1.82) is 0 Å². The molecule has 0 aromatic heterocycles. The van der Waals surface area contributed by atoms with Gasteiger partial charge in [-0.2, -0.15) is 0 Å². The van der Waals surface area contributed by atoms with Gasteiger partial charge in [0.2, 0.25) is 5.91 Å². The topological polar surface area (TPSA) is 58.6 Å². The maximum Gasteiger partial charge on any atom is 0.261 e. The molecule has 0 heterocycles. The number of nitrogens with zero attached hydrogens (tertiary/aromatic N) is 1. The average molecular weight is 417 g/mol. The molecule has 5 nitrogen and oxygen atoms in total. The molecule has 0 fully saturated rings. The molecule has 2 amide bonds. The van der Waals surface area contributed by atoms with Gasteiger partial charge in [0, 0.05) is 13.1 Å². The van der Waals surface area contributed by atoms with E-state index in [1.165, 1.54) is 0 Å². The Morgan fingerprint density at radius 2 is 1.79 bits per heavy atom. The highest BCUT2D eigenvalue weighted by atomic mass is 35.5. The standard InChI is InChI=1S/C23H29ClN2O3/c1-3-4-15-25-23(28)18(2)26(16-14-19-10-6-5-7-11-19)22(27)17-29-21-13-9-8-12-20(21)24/h5-13,18H,3-4,14-17H2,1-2H3,(H,25,28). The minimum atomic E-state index is -0.585. The zero-order valence-electron chi connectivity index (χ0n) is 17.1. The lowest BCUT2D eigenvalue weighted by molar-refractivity contribution is -0.141. The van der Waals surface area contributed by atoms with Crippen molar-refractivity contribution in [2.24, 2.45) is 0 Å². The van der Waals surface area contributed by atoms with Gasteiger partial charge < -0.3 is 15.0 Å². The van der Waals surface area contributed by atoms with E-state index in [4.69, 9.17) is 16.3 Å². The highest BCUT2D eigenvalue weighted by Gasteiger charge is 2.26. The number of hydrogen-bond acceptors (Lipinski definition) is 3. The minimum Gasteiger partial charge on any atom is -0.482 e. The van der Waals surface area contributed by atoms with Gasteiger partial charge in [-0.1, -0.05) is 67.4 Å². The molecule has 2 aromatic carbocycles. The number of para-hydroxylation sites is 1. The fraction of sp³-hybridized carbons (Fsp3) is 0.391. The number of hydrogen-bond donors (Lipinski definition) is 1. The van der Waals surface area contributed by atoms with Crippen LogP contribution in [0.15, 0.2) is 54.6 Å². The van der Waals surface area contributed by atoms with Crippen molar-refractivity contribution < 1.29 is 14.3 Å². The molecule has 0 saturated carbocycles. The Balaban J connectivity index is 2.04. The molecule has 0 aliphatic rings. The van der Waals surface area contributed by atoms with E-state index in [0.717, 1.165) is 18.4 Å². The van der Waals surface area contributed by atoms with Crippen molar-refractivity contribution in [3.05, 3.63) is 65.2 Å². The van der Waals surface area contributed by atoms with Crippen LogP contribution in [-0.2, 0) is 16.0 Å². The number of rotatable bonds is 11. The molecule has 0 saturated heterocycles. The Kier molecular flexibility index (Phi) is 9.51. The number of benzene rings is 2. The van der Waals surface area contributed by atoms with E-state index in [2.05, 4.69) is 12.2 Å². The first-order chi connectivity index (χ1) is 14.0. The van der Waals surface area contributed by atoms with Gasteiger partial charge in [0.05, 0.1) is 5.02 Å². The van der Waals surface area contributed by atoms with Crippen molar-refractivity contribution >= 4 is 23.4 Å². The lowest BCUT2D eigenvalue weighted by Crippen LogP contribution is -2.50. The number of carbonyl (C=O) groups excluding carboxylic acids is 2. The van der Waals surface area contributed by atoms with Gasteiger partial charge in [-0.05, 0) is 37.5 Å². The molecule has 0 radical (unpaired) electrons. The normalized spacial score (nSPS) is 11.6. The number of amides is 2. The molecular weight excluding hydrogens is 388 g/mol. The molecule has 0 aliphatic carbocycles. The van der Waals surface area contributed by atoms with Gasteiger partial charge in [0.15, 0.2) is 6.61 Å². The van der Waals surface area contributed by atoms with Gasteiger partial charge in [0.1, 0.15) is 11.8 Å². The van der Waals surface area contributed by atoms with Gasteiger partial charge in [-0.15, -0.1) is 0 Å².